The minimum absolute atomic E-state index is 0.239. The van der Waals surface area contributed by atoms with Gasteiger partial charge in [-0.25, -0.2) is 0 Å². The molecular formula is C11H17N5O2. The Morgan fingerprint density at radius 1 is 1.22 bits per heavy atom. The topological polar surface area (TPSA) is 81.2 Å². The summed E-state index contributed by atoms with van der Waals surface area (Å²) in [6.45, 7) is 2.65. The van der Waals surface area contributed by atoms with E-state index in [1.54, 1.807) is 0 Å². The van der Waals surface area contributed by atoms with E-state index in [0.29, 0.717) is 5.95 Å². The summed E-state index contributed by atoms with van der Waals surface area (Å²) in [7, 11) is 3.02. The van der Waals surface area contributed by atoms with E-state index in [1.807, 2.05) is 0 Å². The highest BCUT2D eigenvalue weighted by Crippen LogP contribution is 2.13. The van der Waals surface area contributed by atoms with E-state index >= 15 is 0 Å². The van der Waals surface area contributed by atoms with Crippen molar-refractivity contribution in [2.45, 2.75) is 6.42 Å². The van der Waals surface area contributed by atoms with Crippen molar-refractivity contribution in [2.75, 3.05) is 39.2 Å². The lowest BCUT2D eigenvalue weighted by Crippen LogP contribution is -2.23. The Hall–Kier alpha value is -1.89. The molecule has 2 N–H and O–H groups in total. The number of ether oxygens (including phenoxy) is 2. The van der Waals surface area contributed by atoms with Gasteiger partial charge in [0, 0.05) is 13.1 Å². The highest BCUT2D eigenvalue weighted by Gasteiger charge is 2.08. The van der Waals surface area contributed by atoms with Gasteiger partial charge in [-0.2, -0.15) is 9.97 Å². The Bertz CT molecular complexity index is 413. The average Bonchev–Trinajstić information content (AvgIpc) is 2.45. The smallest absolute Gasteiger partial charge is 0.324 e. The largest absolute Gasteiger partial charge is 0.467 e. The van der Waals surface area contributed by atoms with Gasteiger partial charge in [0.05, 0.1) is 14.2 Å². The van der Waals surface area contributed by atoms with Crippen LogP contribution in [0.25, 0.3) is 0 Å². The van der Waals surface area contributed by atoms with E-state index in [9.17, 15) is 0 Å². The van der Waals surface area contributed by atoms with Crippen LogP contribution in [0.4, 0.5) is 5.95 Å². The second kappa shape index (κ2) is 6.15. The molecule has 2 rings (SSSR count). The minimum Gasteiger partial charge on any atom is -0.467 e. The summed E-state index contributed by atoms with van der Waals surface area (Å²) in [6, 6.07) is 0.479. The Morgan fingerprint density at radius 2 is 1.94 bits per heavy atom. The van der Waals surface area contributed by atoms with Gasteiger partial charge in [-0.05, 0) is 13.0 Å². The van der Waals surface area contributed by atoms with Crippen molar-refractivity contribution in [1.29, 1.82) is 0 Å². The van der Waals surface area contributed by atoms with Crippen molar-refractivity contribution >= 4 is 5.95 Å². The summed E-state index contributed by atoms with van der Waals surface area (Å²) >= 11 is 0. The fourth-order valence-electron chi connectivity index (χ4n) is 1.62. The number of nitrogens with zero attached hydrogens (tertiary/aromatic N) is 3. The maximum absolute atomic E-state index is 4.98. The van der Waals surface area contributed by atoms with Gasteiger partial charge >= 0.3 is 12.0 Å². The number of nitrogens with one attached hydrogen (secondary N) is 2. The highest BCUT2D eigenvalue weighted by molar-refractivity contribution is 5.30. The first-order chi connectivity index (χ1) is 8.81. The van der Waals surface area contributed by atoms with Crippen LogP contribution in [-0.2, 0) is 0 Å². The minimum atomic E-state index is 0.239. The lowest BCUT2D eigenvalue weighted by Gasteiger charge is -2.14. The molecule has 0 saturated heterocycles. The van der Waals surface area contributed by atoms with Crippen LogP contribution in [0.5, 0.6) is 12.0 Å². The van der Waals surface area contributed by atoms with E-state index in [4.69, 9.17) is 9.47 Å². The van der Waals surface area contributed by atoms with Crippen LogP contribution in [0.2, 0.25) is 0 Å². The highest BCUT2D eigenvalue weighted by atomic mass is 16.5. The Kier molecular flexibility index (Phi) is 4.30. The molecular weight excluding hydrogens is 234 g/mol. The first-order valence-corrected chi connectivity index (χ1v) is 5.78. The van der Waals surface area contributed by atoms with Crippen LogP contribution < -0.4 is 20.1 Å². The van der Waals surface area contributed by atoms with Gasteiger partial charge in [0.25, 0.3) is 0 Å². The lowest BCUT2D eigenvalue weighted by atomic mass is 10.1. The van der Waals surface area contributed by atoms with Crippen LogP contribution in [0.15, 0.2) is 11.6 Å². The molecule has 7 heteroatoms. The molecule has 98 valence electrons. The maximum atomic E-state index is 4.98. The fraction of sp³-hybridized carbons (Fsp3) is 0.545. The van der Waals surface area contributed by atoms with Crippen LogP contribution in [0.1, 0.15) is 6.42 Å². The Labute approximate surface area is 106 Å². The number of rotatable bonds is 5. The van der Waals surface area contributed by atoms with Gasteiger partial charge in [0.2, 0.25) is 5.95 Å². The van der Waals surface area contributed by atoms with Crippen molar-refractivity contribution in [1.82, 2.24) is 20.3 Å². The van der Waals surface area contributed by atoms with Crippen LogP contribution in [0, 0.1) is 0 Å². The first-order valence-electron chi connectivity index (χ1n) is 5.78. The number of hydrogen-bond donors (Lipinski definition) is 2. The molecule has 0 spiro atoms. The molecule has 0 atom stereocenters. The van der Waals surface area contributed by atoms with Gasteiger partial charge in [0.15, 0.2) is 0 Å². The van der Waals surface area contributed by atoms with Crippen molar-refractivity contribution in [3.05, 3.63) is 11.6 Å². The molecule has 2 heterocycles. The van der Waals surface area contributed by atoms with E-state index in [1.165, 1.54) is 19.8 Å². The first kappa shape index (κ1) is 12.6. The zero-order chi connectivity index (χ0) is 12.8. The summed E-state index contributed by atoms with van der Waals surface area (Å²) in [5.74, 6) is 0.457. The molecule has 0 radical (unpaired) electrons. The van der Waals surface area contributed by atoms with Crippen molar-refractivity contribution < 1.29 is 9.47 Å². The molecule has 0 aliphatic carbocycles. The molecule has 1 aliphatic rings. The second-order valence-corrected chi connectivity index (χ2v) is 3.80. The van der Waals surface area contributed by atoms with Gasteiger partial charge in [0.1, 0.15) is 0 Å². The maximum Gasteiger partial charge on any atom is 0.324 e. The zero-order valence-electron chi connectivity index (χ0n) is 10.6. The predicted octanol–water partition coefficient (Wildman–Crippen LogP) is 0.220. The monoisotopic (exact) mass is 251 g/mol. The van der Waals surface area contributed by atoms with Crippen molar-refractivity contribution in [3.8, 4) is 12.0 Å². The van der Waals surface area contributed by atoms with E-state index < -0.39 is 0 Å². The van der Waals surface area contributed by atoms with Crippen LogP contribution in [-0.4, -0.2) is 48.8 Å². The third kappa shape index (κ3) is 3.30. The summed E-state index contributed by atoms with van der Waals surface area (Å²) in [4.78, 5) is 12.1. The molecule has 0 bridgehead atoms. The van der Waals surface area contributed by atoms with E-state index in [-0.39, 0.29) is 12.0 Å². The van der Waals surface area contributed by atoms with Crippen molar-refractivity contribution in [3.63, 3.8) is 0 Å². The standard InChI is InChI=1S/C11H17N5O2/c1-17-10-14-9(15-11(16-10)18-2)13-7-8-3-5-12-6-4-8/h3,12H,4-7H2,1-2H3,(H,13,14,15,16). The molecule has 0 amide bonds. The molecule has 18 heavy (non-hydrogen) atoms. The number of hydrogen-bond acceptors (Lipinski definition) is 7. The lowest BCUT2D eigenvalue weighted by molar-refractivity contribution is 0.341. The van der Waals surface area contributed by atoms with Gasteiger partial charge < -0.3 is 20.1 Å². The molecule has 0 fully saturated rings. The number of anilines is 1. The fourth-order valence-corrected chi connectivity index (χ4v) is 1.62. The second-order valence-electron chi connectivity index (χ2n) is 3.80. The number of methoxy groups -OCH3 is 2. The number of aromatic nitrogens is 3. The van der Waals surface area contributed by atoms with E-state index in [0.717, 1.165) is 26.1 Å². The molecule has 0 saturated carbocycles. The third-order valence-corrected chi connectivity index (χ3v) is 2.59. The van der Waals surface area contributed by atoms with Gasteiger partial charge in [-0.1, -0.05) is 11.6 Å². The normalized spacial score (nSPS) is 14.9. The Balaban J connectivity index is 2.01. The van der Waals surface area contributed by atoms with Gasteiger partial charge in [-0.3, -0.25) is 0 Å². The molecule has 0 aromatic carbocycles. The average molecular weight is 251 g/mol. The quantitative estimate of drug-likeness (QED) is 0.724. The van der Waals surface area contributed by atoms with Crippen LogP contribution in [0.3, 0.4) is 0 Å². The predicted molar refractivity (Wildman–Crippen MR) is 67.0 cm³/mol. The zero-order valence-corrected chi connectivity index (χ0v) is 10.6. The van der Waals surface area contributed by atoms with Gasteiger partial charge in [-0.15, -0.1) is 4.98 Å². The molecule has 7 nitrogen and oxygen atoms in total. The summed E-state index contributed by atoms with van der Waals surface area (Å²) in [6.07, 6.45) is 3.21. The molecule has 1 aromatic rings. The third-order valence-electron chi connectivity index (χ3n) is 2.59. The van der Waals surface area contributed by atoms with Crippen LogP contribution >= 0.6 is 0 Å². The summed E-state index contributed by atoms with van der Waals surface area (Å²) in [5, 5.41) is 6.41. The molecule has 1 aromatic heterocycles. The SMILES string of the molecule is COc1nc(NCC2=CCNCC2)nc(OC)n1. The summed E-state index contributed by atoms with van der Waals surface area (Å²) < 4.78 is 9.96. The summed E-state index contributed by atoms with van der Waals surface area (Å²) in [5.41, 5.74) is 1.34. The molecule has 0 unspecified atom stereocenters. The van der Waals surface area contributed by atoms with Crippen molar-refractivity contribution in [2.24, 2.45) is 0 Å². The Morgan fingerprint density at radius 3 is 2.50 bits per heavy atom. The molecule has 1 aliphatic heterocycles. The van der Waals surface area contributed by atoms with E-state index in [2.05, 4.69) is 31.7 Å².